The summed E-state index contributed by atoms with van der Waals surface area (Å²) in [5.74, 6) is -0.212. The summed E-state index contributed by atoms with van der Waals surface area (Å²) in [5, 5.41) is 7.54. The Morgan fingerprint density at radius 1 is 0.971 bits per heavy atom. The number of halogens is 3. The molecule has 35 heavy (non-hydrogen) atoms. The number of hydrogen-bond acceptors (Lipinski definition) is 5. The van der Waals surface area contributed by atoms with Crippen LogP contribution in [-0.4, -0.2) is 25.1 Å². The number of hydrazone groups is 1. The highest BCUT2D eigenvalue weighted by molar-refractivity contribution is 6.35. The molecule has 0 unspecified atom stereocenters. The van der Waals surface area contributed by atoms with Gasteiger partial charge in [0.1, 0.15) is 12.4 Å². The average Bonchev–Trinajstić information content (AvgIpc) is 2.84. The predicted octanol–water partition coefficient (Wildman–Crippen LogP) is 5.59. The predicted molar refractivity (Wildman–Crippen MR) is 134 cm³/mol. The molecule has 0 aliphatic heterocycles. The molecule has 0 fully saturated rings. The van der Waals surface area contributed by atoms with Crippen molar-refractivity contribution in [1.82, 2.24) is 5.43 Å². The van der Waals surface area contributed by atoms with Gasteiger partial charge in [-0.1, -0.05) is 29.3 Å². The number of hydrogen-bond donors (Lipinski definition) is 2. The van der Waals surface area contributed by atoms with Crippen LogP contribution >= 0.6 is 23.2 Å². The SMILES string of the molecule is COc1cc(C=NNC(=O)CCC(=O)Nc2ccc(F)cc2)ccc1OCc1ccc(Cl)cc1Cl. The van der Waals surface area contributed by atoms with Crippen molar-refractivity contribution in [3.8, 4) is 11.5 Å². The van der Waals surface area contributed by atoms with E-state index in [9.17, 15) is 14.0 Å². The fraction of sp³-hybridized carbons (Fsp3) is 0.160. The van der Waals surface area contributed by atoms with Crippen LogP contribution in [-0.2, 0) is 16.2 Å². The van der Waals surface area contributed by atoms with Crippen LogP contribution in [0.1, 0.15) is 24.0 Å². The molecule has 0 heterocycles. The molecule has 2 amide bonds. The lowest BCUT2D eigenvalue weighted by Gasteiger charge is -2.12. The average molecular weight is 518 g/mol. The van der Waals surface area contributed by atoms with E-state index < -0.39 is 11.7 Å². The standard InChI is InChI=1S/C25H22Cl2FN3O4/c1-34-23-12-16(2-9-22(23)35-15-17-3-4-18(26)13-21(17)27)14-29-31-25(33)11-10-24(32)30-20-7-5-19(28)6-8-20/h2-9,12-14H,10-11,15H2,1H3,(H,30,32)(H,31,33). The number of benzene rings is 3. The smallest absolute Gasteiger partial charge is 0.240 e. The van der Waals surface area contributed by atoms with Crippen molar-refractivity contribution >= 4 is 46.9 Å². The lowest BCUT2D eigenvalue weighted by atomic mass is 10.2. The molecule has 0 radical (unpaired) electrons. The van der Waals surface area contributed by atoms with Crippen LogP contribution < -0.4 is 20.2 Å². The van der Waals surface area contributed by atoms with Crippen LogP contribution in [0, 0.1) is 5.82 Å². The van der Waals surface area contributed by atoms with E-state index in [1.165, 1.54) is 37.6 Å². The first-order chi connectivity index (χ1) is 16.8. The van der Waals surface area contributed by atoms with Gasteiger partial charge in [-0.3, -0.25) is 9.59 Å². The highest BCUT2D eigenvalue weighted by atomic mass is 35.5. The summed E-state index contributed by atoms with van der Waals surface area (Å²) in [6.07, 6.45) is 1.34. The summed E-state index contributed by atoms with van der Waals surface area (Å²) >= 11 is 12.1. The summed E-state index contributed by atoms with van der Waals surface area (Å²) in [6.45, 7) is 0.227. The monoisotopic (exact) mass is 517 g/mol. The molecular weight excluding hydrogens is 496 g/mol. The Morgan fingerprint density at radius 2 is 1.71 bits per heavy atom. The van der Waals surface area contributed by atoms with E-state index in [1.807, 2.05) is 0 Å². The van der Waals surface area contributed by atoms with E-state index in [-0.39, 0.29) is 25.4 Å². The first kappa shape index (κ1) is 26.0. The van der Waals surface area contributed by atoms with E-state index in [0.717, 1.165) is 5.56 Å². The summed E-state index contributed by atoms with van der Waals surface area (Å²) < 4.78 is 24.1. The molecule has 3 aromatic carbocycles. The molecule has 0 bridgehead atoms. The zero-order valence-electron chi connectivity index (χ0n) is 18.7. The largest absolute Gasteiger partial charge is 0.493 e. The fourth-order valence-electron chi connectivity index (χ4n) is 2.90. The van der Waals surface area contributed by atoms with E-state index in [1.54, 1.807) is 36.4 Å². The third-order valence-corrected chi connectivity index (χ3v) is 5.28. The Labute approximate surface area is 211 Å². The van der Waals surface area contributed by atoms with Crippen molar-refractivity contribution in [2.75, 3.05) is 12.4 Å². The van der Waals surface area contributed by atoms with Crippen molar-refractivity contribution < 1.29 is 23.5 Å². The van der Waals surface area contributed by atoms with Gasteiger partial charge in [0, 0.05) is 34.1 Å². The lowest BCUT2D eigenvalue weighted by Crippen LogP contribution is -2.20. The van der Waals surface area contributed by atoms with Gasteiger partial charge in [0.15, 0.2) is 11.5 Å². The molecule has 0 saturated heterocycles. The molecule has 0 aliphatic carbocycles. The van der Waals surface area contributed by atoms with Crippen molar-refractivity contribution in [1.29, 1.82) is 0 Å². The van der Waals surface area contributed by atoms with Gasteiger partial charge in [0.2, 0.25) is 11.8 Å². The maximum atomic E-state index is 12.9. The summed E-state index contributed by atoms with van der Waals surface area (Å²) in [7, 11) is 1.51. The minimum Gasteiger partial charge on any atom is -0.493 e. The van der Waals surface area contributed by atoms with E-state index in [0.29, 0.717) is 32.8 Å². The Kier molecular flexibility index (Phi) is 9.46. The normalized spacial score (nSPS) is 10.7. The molecule has 0 atom stereocenters. The summed E-state index contributed by atoms with van der Waals surface area (Å²) in [4.78, 5) is 23.9. The van der Waals surface area contributed by atoms with Crippen LogP contribution in [0.2, 0.25) is 10.0 Å². The highest BCUT2D eigenvalue weighted by Gasteiger charge is 2.09. The molecule has 0 saturated carbocycles. The zero-order chi connectivity index (χ0) is 25.2. The van der Waals surface area contributed by atoms with Gasteiger partial charge in [0.05, 0.1) is 13.3 Å². The van der Waals surface area contributed by atoms with Crippen molar-refractivity contribution in [3.05, 3.63) is 87.7 Å². The van der Waals surface area contributed by atoms with Crippen LogP contribution in [0.4, 0.5) is 10.1 Å². The molecule has 0 aromatic heterocycles. The van der Waals surface area contributed by atoms with Crippen molar-refractivity contribution in [2.24, 2.45) is 5.10 Å². The lowest BCUT2D eigenvalue weighted by molar-refractivity contribution is -0.124. The number of rotatable bonds is 10. The van der Waals surface area contributed by atoms with Gasteiger partial charge in [-0.15, -0.1) is 0 Å². The van der Waals surface area contributed by atoms with E-state index >= 15 is 0 Å². The molecule has 3 aromatic rings. The molecule has 0 spiro atoms. The third-order valence-electron chi connectivity index (χ3n) is 4.70. The zero-order valence-corrected chi connectivity index (χ0v) is 20.2. The Bertz CT molecular complexity index is 1220. The van der Waals surface area contributed by atoms with Crippen molar-refractivity contribution in [2.45, 2.75) is 19.4 Å². The molecule has 3 rings (SSSR count). The number of amides is 2. The number of methoxy groups -OCH3 is 1. The molecule has 182 valence electrons. The highest BCUT2D eigenvalue weighted by Crippen LogP contribution is 2.29. The van der Waals surface area contributed by atoms with Crippen LogP contribution in [0.15, 0.2) is 65.8 Å². The minimum absolute atomic E-state index is 0.0454. The first-order valence-electron chi connectivity index (χ1n) is 10.5. The summed E-state index contributed by atoms with van der Waals surface area (Å²) in [6, 6.07) is 15.7. The Hall–Kier alpha value is -3.62. The van der Waals surface area contributed by atoms with Gasteiger partial charge in [0.25, 0.3) is 0 Å². The second-order valence-electron chi connectivity index (χ2n) is 7.28. The van der Waals surface area contributed by atoms with Gasteiger partial charge in [-0.05, 0) is 60.2 Å². The number of carbonyl (C=O) groups is 2. The quantitative estimate of drug-likeness (QED) is 0.271. The van der Waals surface area contributed by atoms with Gasteiger partial charge >= 0.3 is 0 Å². The number of anilines is 1. The first-order valence-corrected chi connectivity index (χ1v) is 11.2. The number of ether oxygens (including phenoxy) is 2. The van der Waals surface area contributed by atoms with Crippen LogP contribution in [0.3, 0.4) is 0 Å². The van der Waals surface area contributed by atoms with Crippen molar-refractivity contribution in [3.63, 3.8) is 0 Å². The maximum Gasteiger partial charge on any atom is 0.240 e. The summed E-state index contributed by atoms with van der Waals surface area (Å²) in [5.41, 5.74) is 4.26. The van der Waals surface area contributed by atoms with E-state index in [2.05, 4.69) is 15.8 Å². The molecule has 7 nitrogen and oxygen atoms in total. The molecule has 0 aliphatic rings. The van der Waals surface area contributed by atoms with E-state index in [4.69, 9.17) is 32.7 Å². The Balaban J connectivity index is 1.47. The molecular formula is C25H22Cl2FN3O4. The van der Waals surface area contributed by atoms with Gasteiger partial charge < -0.3 is 14.8 Å². The Morgan fingerprint density at radius 3 is 2.43 bits per heavy atom. The number of carbonyl (C=O) groups excluding carboxylic acids is 2. The topological polar surface area (TPSA) is 89.0 Å². The van der Waals surface area contributed by atoms with Gasteiger partial charge in [-0.25, -0.2) is 9.82 Å². The van der Waals surface area contributed by atoms with Gasteiger partial charge in [-0.2, -0.15) is 5.10 Å². The third kappa shape index (κ3) is 8.27. The molecule has 2 N–H and O–H groups in total. The van der Waals surface area contributed by atoms with Crippen LogP contribution in [0.25, 0.3) is 0 Å². The van der Waals surface area contributed by atoms with Crippen LogP contribution in [0.5, 0.6) is 11.5 Å². The molecule has 10 heteroatoms. The second-order valence-corrected chi connectivity index (χ2v) is 8.13. The number of nitrogens with zero attached hydrogens (tertiary/aromatic N) is 1. The maximum absolute atomic E-state index is 12.9. The number of nitrogens with one attached hydrogen (secondary N) is 2. The fourth-order valence-corrected chi connectivity index (χ4v) is 3.36. The minimum atomic E-state index is -0.428. The second kappa shape index (κ2) is 12.7.